The highest BCUT2D eigenvalue weighted by Gasteiger charge is 2.09. The van der Waals surface area contributed by atoms with E-state index in [1.54, 1.807) is 0 Å². The molecule has 23 heavy (non-hydrogen) atoms. The summed E-state index contributed by atoms with van der Waals surface area (Å²) in [4.78, 5) is 0. The molecule has 2 nitrogen and oxygen atoms in total. The fourth-order valence-corrected chi connectivity index (χ4v) is 3.06. The molecule has 0 aliphatic carbocycles. The molecule has 0 saturated heterocycles. The van der Waals surface area contributed by atoms with Gasteiger partial charge in [0.05, 0.1) is 6.26 Å². The average Bonchev–Trinajstić information content (AvgIpc) is 3.16. The van der Waals surface area contributed by atoms with E-state index in [1.807, 2.05) is 18.4 Å². The van der Waals surface area contributed by atoms with Crippen molar-refractivity contribution in [1.82, 2.24) is 0 Å². The molecule has 0 fully saturated rings. The average molecular weight is 304 g/mol. The van der Waals surface area contributed by atoms with Gasteiger partial charge in [-0.05, 0) is 48.2 Å². The predicted molar refractivity (Wildman–Crippen MR) is 93.9 cm³/mol. The molecular weight excluding hydrogens is 284 g/mol. The second-order valence-electron chi connectivity index (χ2n) is 6.43. The molecular formula is C21H20O2. The summed E-state index contributed by atoms with van der Waals surface area (Å²) in [5, 5.41) is 2.42. The Bertz CT molecular complexity index is 956. The van der Waals surface area contributed by atoms with Crippen LogP contribution >= 0.6 is 0 Å². The van der Waals surface area contributed by atoms with E-state index in [2.05, 4.69) is 50.2 Å². The Labute approximate surface area is 135 Å². The maximum Gasteiger partial charge on any atom is 0.134 e. The van der Waals surface area contributed by atoms with Gasteiger partial charge in [0.15, 0.2) is 0 Å². The van der Waals surface area contributed by atoms with Crippen LogP contribution in [0, 0.1) is 0 Å². The summed E-state index contributed by atoms with van der Waals surface area (Å²) in [6.45, 7) is 4.31. The lowest BCUT2D eigenvalue weighted by Gasteiger charge is -2.00. The molecule has 4 aromatic rings. The molecule has 2 aromatic heterocycles. The molecule has 0 spiro atoms. The monoisotopic (exact) mass is 304 g/mol. The largest absolute Gasteiger partial charge is 0.464 e. The van der Waals surface area contributed by atoms with Crippen LogP contribution in [0.25, 0.3) is 21.9 Å². The zero-order valence-corrected chi connectivity index (χ0v) is 13.5. The second kappa shape index (κ2) is 5.62. The van der Waals surface area contributed by atoms with Gasteiger partial charge in [-0.1, -0.05) is 38.1 Å². The first-order valence-corrected chi connectivity index (χ1v) is 8.18. The van der Waals surface area contributed by atoms with Crippen molar-refractivity contribution in [3.63, 3.8) is 0 Å². The summed E-state index contributed by atoms with van der Waals surface area (Å²) in [5.41, 5.74) is 4.55. The molecule has 2 heteroatoms. The van der Waals surface area contributed by atoms with Crippen LogP contribution in [0.5, 0.6) is 0 Å². The highest BCUT2D eigenvalue weighted by molar-refractivity contribution is 5.81. The normalized spacial score (nSPS) is 11.8. The first-order chi connectivity index (χ1) is 11.2. The maximum absolute atomic E-state index is 5.88. The molecule has 0 unspecified atom stereocenters. The van der Waals surface area contributed by atoms with Crippen LogP contribution in [-0.2, 0) is 12.8 Å². The van der Waals surface area contributed by atoms with E-state index in [0.29, 0.717) is 5.92 Å². The van der Waals surface area contributed by atoms with Gasteiger partial charge in [-0.3, -0.25) is 0 Å². The van der Waals surface area contributed by atoms with Gasteiger partial charge in [-0.2, -0.15) is 0 Å². The summed E-state index contributed by atoms with van der Waals surface area (Å²) >= 11 is 0. The standard InChI is InChI=1S/C21H20O2/c1-14(2)21-12-17-11-15(8-10-19(17)23-21)7-9-16-13-22-20-6-4-3-5-18(16)20/h3-6,8,10-14H,7,9H2,1-2H3. The van der Waals surface area contributed by atoms with Crippen molar-refractivity contribution in [3.05, 3.63) is 71.7 Å². The summed E-state index contributed by atoms with van der Waals surface area (Å²) in [7, 11) is 0. The number of para-hydroxylation sites is 1. The first-order valence-electron chi connectivity index (χ1n) is 8.18. The Balaban J connectivity index is 1.57. The maximum atomic E-state index is 5.88. The topological polar surface area (TPSA) is 26.3 Å². The van der Waals surface area contributed by atoms with Crippen molar-refractivity contribution in [1.29, 1.82) is 0 Å². The Hall–Kier alpha value is -2.48. The van der Waals surface area contributed by atoms with E-state index in [4.69, 9.17) is 8.83 Å². The molecule has 0 N–H and O–H groups in total. The lowest BCUT2D eigenvalue weighted by Crippen LogP contribution is -1.90. The minimum absolute atomic E-state index is 0.420. The molecule has 0 aliphatic heterocycles. The van der Waals surface area contributed by atoms with E-state index in [-0.39, 0.29) is 0 Å². The van der Waals surface area contributed by atoms with Gasteiger partial charge in [0.1, 0.15) is 16.9 Å². The van der Waals surface area contributed by atoms with Gasteiger partial charge >= 0.3 is 0 Å². The number of fused-ring (bicyclic) bond motifs is 2. The smallest absolute Gasteiger partial charge is 0.134 e. The van der Waals surface area contributed by atoms with Crippen molar-refractivity contribution < 1.29 is 8.83 Å². The van der Waals surface area contributed by atoms with Crippen LogP contribution in [-0.4, -0.2) is 0 Å². The van der Waals surface area contributed by atoms with Crippen molar-refractivity contribution in [2.45, 2.75) is 32.6 Å². The van der Waals surface area contributed by atoms with Crippen LogP contribution in [0.3, 0.4) is 0 Å². The molecule has 0 atom stereocenters. The van der Waals surface area contributed by atoms with Crippen LogP contribution in [0.15, 0.2) is 63.6 Å². The number of rotatable bonds is 4. The molecule has 0 bridgehead atoms. The Morgan fingerprint density at radius 3 is 2.65 bits per heavy atom. The third-order valence-corrected chi connectivity index (χ3v) is 4.41. The van der Waals surface area contributed by atoms with E-state index in [1.165, 1.54) is 21.9 Å². The molecule has 4 rings (SSSR count). The predicted octanol–water partition coefficient (Wildman–Crippen LogP) is 6.09. The van der Waals surface area contributed by atoms with Gasteiger partial charge in [0.2, 0.25) is 0 Å². The van der Waals surface area contributed by atoms with Gasteiger partial charge < -0.3 is 8.83 Å². The van der Waals surface area contributed by atoms with Crippen LogP contribution in [0.4, 0.5) is 0 Å². The number of benzene rings is 2. The summed E-state index contributed by atoms with van der Waals surface area (Å²) in [6, 6.07) is 16.9. The van der Waals surface area contributed by atoms with E-state index in [9.17, 15) is 0 Å². The minimum atomic E-state index is 0.420. The third-order valence-electron chi connectivity index (χ3n) is 4.41. The highest BCUT2D eigenvalue weighted by atomic mass is 16.3. The quantitative estimate of drug-likeness (QED) is 0.456. The first kappa shape index (κ1) is 14.1. The number of hydrogen-bond donors (Lipinski definition) is 0. The van der Waals surface area contributed by atoms with Crippen LogP contribution in [0.1, 0.15) is 36.7 Å². The van der Waals surface area contributed by atoms with Crippen molar-refractivity contribution >= 4 is 21.9 Å². The SMILES string of the molecule is CC(C)c1cc2cc(CCc3coc4ccccc34)ccc2o1. The Morgan fingerprint density at radius 1 is 0.913 bits per heavy atom. The van der Waals surface area contributed by atoms with Crippen molar-refractivity contribution in [2.24, 2.45) is 0 Å². The number of hydrogen-bond acceptors (Lipinski definition) is 2. The van der Waals surface area contributed by atoms with Gasteiger partial charge in [-0.15, -0.1) is 0 Å². The minimum Gasteiger partial charge on any atom is -0.464 e. The number of furan rings is 2. The van der Waals surface area contributed by atoms with Crippen molar-refractivity contribution in [3.8, 4) is 0 Å². The molecule has 0 amide bonds. The summed E-state index contributed by atoms with van der Waals surface area (Å²) in [6.07, 6.45) is 3.87. The van der Waals surface area contributed by atoms with Gasteiger partial charge in [0.25, 0.3) is 0 Å². The lowest BCUT2D eigenvalue weighted by atomic mass is 10.0. The van der Waals surface area contributed by atoms with E-state index < -0.39 is 0 Å². The van der Waals surface area contributed by atoms with E-state index in [0.717, 1.165) is 29.8 Å². The molecule has 0 radical (unpaired) electrons. The zero-order chi connectivity index (χ0) is 15.8. The van der Waals surface area contributed by atoms with Gasteiger partial charge in [0, 0.05) is 16.7 Å². The van der Waals surface area contributed by atoms with Crippen molar-refractivity contribution in [2.75, 3.05) is 0 Å². The summed E-state index contributed by atoms with van der Waals surface area (Å²) in [5.74, 6) is 1.47. The fraction of sp³-hybridized carbons (Fsp3) is 0.238. The van der Waals surface area contributed by atoms with Crippen LogP contribution < -0.4 is 0 Å². The zero-order valence-electron chi connectivity index (χ0n) is 13.5. The fourth-order valence-electron chi connectivity index (χ4n) is 3.06. The molecule has 0 saturated carbocycles. The Kier molecular flexibility index (Phi) is 3.45. The lowest BCUT2D eigenvalue weighted by molar-refractivity contribution is 0.521. The summed E-state index contributed by atoms with van der Waals surface area (Å²) < 4.78 is 11.5. The highest BCUT2D eigenvalue weighted by Crippen LogP contribution is 2.27. The molecule has 0 aliphatic rings. The van der Waals surface area contributed by atoms with Crippen LogP contribution in [0.2, 0.25) is 0 Å². The Morgan fingerprint density at radius 2 is 1.78 bits per heavy atom. The third kappa shape index (κ3) is 2.65. The molecule has 2 heterocycles. The number of aryl methyl sites for hydroxylation is 2. The van der Waals surface area contributed by atoms with E-state index >= 15 is 0 Å². The molecule has 2 aromatic carbocycles. The second-order valence-corrected chi connectivity index (χ2v) is 6.43. The van der Waals surface area contributed by atoms with Gasteiger partial charge in [-0.25, -0.2) is 0 Å². The molecule has 116 valence electrons.